The average molecular weight is 320 g/mol. The summed E-state index contributed by atoms with van der Waals surface area (Å²) in [5.74, 6) is 0. The van der Waals surface area contributed by atoms with E-state index in [1.54, 1.807) is 13.1 Å². The summed E-state index contributed by atoms with van der Waals surface area (Å²) in [5, 5.41) is 5.07. The number of hydrogen-bond donors (Lipinski definition) is 1. The molecule has 1 aromatic rings. The summed E-state index contributed by atoms with van der Waals surface area (Å²) in [6, 6.07) is 2.00. The first kappa shape index (κ1) is 17.6. The molecule has 116 valence electrons. The molecule has 0 spiro atoms. The van der Waals surface area contributed by atoms with E-state index >= 15 is 0 Å². The number of sulfonamides is 1. The van der Waals surface area contributed by atoms with Gasteiger partial charge in [-0.25, -0.2) is 8.42 Å². The van der Waals surface area contributed by atoms with Crippen molar-refractivity contribution in [2.45, 2.75) is 38.3 Å². The van der Waals surface area contributed by atoms with E-state index in [4.69, 9.17) is 4.74 Å². The maximum Gasteiger partial charge on any atom is 0.244 e. The Bertz CT molecular complexity index is 497. The van der Waals surface area contributed by atoms with Crippen molar-refractivity contribution in [2.75, 3.05) is 26.8 Å². The van der Waals surface area contributed by atoms with Crippen molar-refractivity contribution < 1.29 is 13.2 Å². The van der Waals surface area contributed by atoms with Crippen LogP contribution in [0.2, 0.25) is 0 Å². The molecule has 1 rings (SSSR count). The Morgan fingerprint density at radius 1 is 1.45 bits per heavy atom. The van der Waals surface area contributed by atoms with Crippen LogP contribution in [0, 0.1) is 0 Å². The summed E-state index contributed by atoms with van der Waals surface area (Å²) in [6.07, 6.45) is 0. The Labute approximate surface area is 126 Å². The third kappa shape index (κ3) is 4.82. The molecule has 0 atom stereocenters. The highest BCUT2D eigenvalue weighted by molar-refractivity contribution is 7.89. The molecule has 0 saturated carbocycles. The molecule has 0 unspecified atom stereocenters. The molecular weight excluding hydrogens is 296 g/mol. The summed E-state index contributed by atoms with van der Waals surface area (Å²) in [4.78, 5) is 1.25. The van der Waals surface area contributed by atoms with E-state index in [0.717, 1.165) is 4.88 Å². The van der Waals surface area contributed by atoms with Crippen LogP contribution in [0.15, 0.2) is 16.3 Å². The average Bonchev–Trinajstić information content (AvgIpc) is 2.85. The first-order valence-electron chi connectivity index (χ1n) is 6.73. The highest BCUT2D eigenvalue weighted by atomic mass is 32.2. The molecule has 7 heteroatoms. The molecule has 1 heterocycles. The molecule has 0 bridgehead atoms. The van der Waals surface area contributed by atoms with Crippen LogP contribution >= 0.6 is 11.3 Å². The highest BCUT2D eigenvalue weighted by Crippen LogP contribution is 2.24. The van der Waals surface area contributed by atoms with E-state index in [-0.39, 0.29) is 0 Å². The van der Waals surface area contributed by atoms with E-state index in [9.17, 15) is 8.42 Å². The topological polar surface area (TPSA) is 58.6 Å². The fourth-order valence-corrected chi connectivity index (χ4v) is 4.13. The Balaban J connectivity index is 2.79. The lowest BCUT2D eigenvalue weighted by molar-refractivity contribution is 0.138. The van der Waals surface area contributed by atoms with Gasteiger partial charge < -0.3 is 10.1 Å². The lowest BCUT2D eigenvalue weighted by Crippen LogP contribution is -2.31. The van der Waals surface area contributed by atoms with E-state index in [2.05, 4.69) is 5.32 Å². The predicted octanol–water partition coefficient (Wildman–Crippen LogP) is 1.90. The van der Waals surface area contributed by atoms with Crippen molar-refractivity contribution in [2.24, 2.45) is 0 Å². The second-order valence-electron chi connectivity index (χ2n) is 4.77. The molecule has 0 radical (unpaired) electrons. The number of thiophene rings is 1. The Hall–Kier alpha value is -0.470. The smallest absolute Gasteiger partial charge is 0.244 e. The lowest BCUT2D eigenvalue weighted by Gasteiger charge is -2.17. The van der Waals surface area contributed by atoms with Crippen molar-refractivity contribution in [3.8, 4) is 0 Å². The molecule has 0 fully saturated rings. The molecule has 0 aliphatic carbocycles. The molecule has 20 heavy (non-hydrogen) atoms. The Morgan fingerprint density at radius 3 is 2.75 bits per heavy atom. The zero-order chi connectivity index (χ0) is 15.2. The lowest BCUT2D eigenvalue weighted by atomic mass is 10.4. The molecule has 0 saturated heterocycles. The third-order valence-corrected chi connectivity index (χ3v) is 5.81. The van der Waals surface area contributed by atoms with Crippen LogP contribution in [0.3, 0.4) is 0 Å². The standard InChI is InChI=1S/C13H24N2O3S2/c1-5-18-8-7-15(4)20(16,17)13-6-9-19-12(13)10-14-11(2)3/h6,9,11,14H,5,7-8,10H2,1-4H3. The van der Waals surface area contributed by atoms with Gasteiger partial charge in [-0.05, 0) is 18.4 Å². The third-order valence-electron chi connectivity index (χ3n) is 2.82. The van der Waals surface area contributed by atoms with Gasteiger partial charge in [0.2, 0.25) is 10.0 Å². The number of nitrogens with one attached hydrogen (secondary N) is 1. The van der Waals surface area contributed by atoms with Crippen LogP contribution in [-0.2, 0) is 21.3 Å². The Morgan fingerprint density at radius 2 is 2.15 bits per heavy atom. The van der Waals surface area contributed by atoms with E-state index < -0.39 is 10.0 Å². The fraction of sp³-hybridized carbons (Fsp3) is 0.692. The van der Waals surface area contributed by atoms with Gasteiger partial charge in [-0.3, -0.25) is 0 Å². The molecule has 0 aliphatic heterocycles. The normalized spacial score (nSPS) is 12.5. The quantitative estimate of drug-likeness (QED) is 0.706. The van der Waals surface area contributed by atoms with Gasteiger partial charge in [0, 0.05) is 37.7 Å². The summed E-state index contributed by atoms with van der Waals surface area (Å²) in [5.41, 5.74) is 0. The van der Waals surface area contributed by atoms with Crippen molar-refractivity contribution in [1.29, 1.82) is 0 Å². The zero-order valence-electron chi connectivity index (χ0n) is 12.5. The minimum atomic E-state index is -3.43. The van der Waals surface area contributed by atoms with E-state index in [1.165, 1.54) is 15.6 Å². The molecule has 5 nitrogen and oxygen atoms in total. The summed E-state index contributed by atoms with van der Waals surface area (Å²) in [7, 11) is -1.84. The van der Waals surface area contributed by atoms with Gasteiger partial charge >= 0.3 is 0 Å². The van der Waals surface area contributed by atoms with Gasteiger partial charge in [0.15, 0.2) is 0 Å². The van der Waals surface area contributed by atoms with Gasteiger partial charge in [0.05, 0.1) is 11.5 Å². The minimum Gasteiger partial charge on any atom is -0.380 e. The maximum absolute atomic E-state index is 12.5. The zero-order valence-corrected chi connectivity index (χ0v) is 14.2. The monoisotopic (exact) mass is 320 g/mol. The van der Waals surface area contributed by atoms with Gasteiger partial charge in [-0.1, -0.05) is 13.8 Å². The Kier molecular flexibility index (Phi) is 7.11. The summed E-state index contributed by atoms with van der Waals surface area (Å²) >= 11 is 1.46. The van der Waals surface area contributed by atoms with Crippen LogP contribution in [0.4, 0.5) is 0 Å². The molecule has 0 aliphatic rings. The van der Waals surface area contributed by atoms with Crippen LogP contribution in [0.5, 0.6) is 0 Å². The van der Waals surface area contributed by atoms with E-state index in [1.807, 2.05) is 26.2 Å². The van der Waals surface area contributed by atoms with Gasteiger partial charge in [0.1, 0.15) is 0 Å². The number of ether oxygens (including phenoxy) is 1. The highest BCUT2D eigenvalue weighted by Gasteiger charge is 2.24. The number of hydrogen-bond acceptors (Lipinski definition) is 5. The van der Waals surface area contributed by atoms with Crippen molar-refractivity contribution in [3.63, 3.8) is 0 Å². The van der Waals surface area contributed by atoms with Crippen LogP contribution < -0.4 is 5.32 Å². The maximum atomic E-state index is 12.5. The van der Waals surface area contributed by atoms with Crippen molar-refractivity contribution in [1.82, 2.24) is 9.62 Å². The SMILES string of the molecule is CCOCCN(C)S(=O)(=O)c1ccsc1CNC(C)C. The van der Waals surface area contributed by atoms with Crippen LogP contribution in [-0.4, -0.2) is 45.6 Å². The first-order valence-corrected chi connectivity index (χ1v) is 9.05. The first-order chi connectivity index (χ1) is 9.39. The predicted molar refractivity (Wildman–Crippen MR) is 82.6 cm³/mol. The number of likely N-dealkylation sites (N-methyl/N-ethyl adjacent to an activating group) is 1. The minimum absolute atomic E-state index is 0.323. The fourth-order valence-electron chi connectivity index (χ4n) is 1.61. The second-order valence-corrected chi connectivity index (χ2v) is 7.78. The number of nitrogens with zero attached hydrogens (tertiary/aromatic N) is 1. The van der Waals surface area contributed by atoms with Gasteiger partial charge in [-0.15, -0.1) is 11.3 Å². The van der Waals surface area contributed by atoms with Crippen LogP contribution in [0.1, 0.15) is 25.6 Å². The largest absolute Gasteiger partial charge is 0.380 e. The molecule has 1 N–H and O–H groups in total. The van der Waals surface area contributed by atoms with Crippen molar-refractivity contribution >= 4 is 21.4 Å². The summed E-state index contributed by atoms with van der Waals surface area (Å²) < 4.78 is 31.6. The van der Waals surface area contributed by atoms with Gasteiger partial charge in [-0.2, -0.15) is 4.31 Å². The molecular formula is C13H24N2O3S2. The van der Waals surface area contributed by atoms with Gasteiger partial charge in [0.25, 0.3) is 0 Å². The second kappa shape index (κ2) is 8.09. The molecule has 0 amide bonds. The van der Waals surface area contributed by atoms with Crippen LogP contribution in [0.25, 0.3) is 0 Å². The molecule has 0 aromatic carbocycles. The number of rotatable bonds is 9. The van der Waals surface area contributed by atoms with Crippen molar-refractivity contribution in [3.05, 3.63) is 16.3 Å². The summed E-state index contributed by atoms with van der Waals surface area (Å²) in [6.45, 7) is 7.91. The van der Waals surface area contributed by atoms with E-state index in [0.29, 0.717) is 37.2 Å². The molecule has 1 aromatic heterocycles.